The molecule has 1 amide bonds. The van der Waals surface area contributed by atoms with Crippen LogP contribution in [0.2, 0.25) is 0 Å². The van der Waals surface area contributed by atoms with Gasteiger partial charge in [0.1, 0.15) is 5.82 Å². The lowest BCUT2D eigenvalue weighted by Crippen LogP contribution is -2.34. The molecule has 1 heterocycles. The quantitative estimate of drug-likeness (QED) is 0.855. The molecule has 1 aliphatic carbocycles. The smallest absolute Gasteiger partial charge is 0.257 e. The predicted octanol–water partition coefficient (Wildman–Crippen LogP) is 1.64. The van der Waals surface area contributed by atoms with Crippen LogP contribution in [0.25, 0.3) is 0 Å². The van der Waals surface area contributed by atoms with Gasteiger partial charge in [-0.3, -0.25) is 4.79 Å². The topological polar surface area (TPSA) is 69.0 Å². The normalized spacial score (nSPS) is 13.8. The molecule has 1 aromatic rings. The molecular weight excluding hydrogens is 228 g/mol. The molecule has 0 aromatic carbocycles. The monoisotopic (exact) mass is 244 g/mol. The molecule has 18 heavy (non-hydrogen) atoms. The predicted molar refractivity (Wildman–Crippen MR) is 68.1 cm³/mol. The first-order valence-electron chi connectivity index (χ1n) is 6.08. The lowest BCUT2D eigenvalue weighted by molar-refractivity contribution is 0.0747. The molecule has 0 bridgehead atoms. The number of amides is 1. The van der Waals surface area contributed by atoms with Crippen LogP contribution in [0.1, 0.15) is 29.6 Å². The summed E-state index contributed by atoms with van der Waals surface area (Å²) in [5, 5.41) is 11.6. The molecule has 1 N–H and O–H groups in total. The molecule has 2 rings (SSSR count). The summed E-state index contributed by atoms with van der Waals surface area (Å²) >= 11 is 0. The molecule has 0 radical (unpaired) electrons. The zero-order chi connectivity index (χ0) is 13.0. The van der Waals surface area contributed by atoms with Crippen LogP contribution in [0.15, 0.2) is 18.3 Å². The van der Waals surface area contributed by atoms with Gasteiger partial charge in [0.2, 0.25) is 0 Å². The van der Waals surface area contributed by atoms with Gasteiger partial charge < -0.3 is 10.2 Å². The van der Waals surface area contributed by atoms with E-state index < -0.39 is 0 Å². The largest absolute Gasteiger partial charge is 0.372 e. The average Bonchev–Trinajstić information content (AvgIpc) is 3.23. The van der Waals surface area contributed by atoms with Crippen LogP contribution in [-0.4, -0.2) is 35.4 Å². The Kier molecular flexibility index (Phi) is 3.78. The van der Waals surface area contributed by atoms with Crippen LogP contribution >= 0.6 is 0 Å². The Morgan fingerprint density at radius 1 is 1.67 bits per heavy atom. The molecule has 5 nitrogen and oxygen atoms in total. The van der Waals surface area contributed by atoms with E-state index in [9.17, 15) is 4.79 Å². The molecule has 0 atom stereocenters. The van der Waals surface area contributed by atoms with Crippen LogP contribution in [-0.2, 0) is 0 Å². The molecule has 0 spiro atoms. The Morgan fingerprint density at radius 3 is 3.06 bits per heavy atom. The van der Waals surface area contributed by atoms with Crippen molar-refractivity contribution in [1.82, 2.24) is 9.88 Å². The summed E-state index contributed by atoms with van der Waals surface area (Å²) in [6, 6.07) is 5.91. The summed E-state index contributed by atoms with van der Waals surface area (Å²) in [4.78, 5) is 18.4. The molecular formula is C13H16N4O. The second-order valence-corrected chi connectivity index (χ2v) is 4.29. The SMILES string of the molecule is CNc1ncccc1C(=O)N(CCC#N)C1CC1. The van der Waals surface area contributed by atoms with Gasteiger partial charge in [0.25, 0.3) is 5.91 Å². The molecule has 0 unspecified atom stereocenters. The maximum Gasteiger partial charge on any atom is 0.257 e. The summed E-state index contributed by atoms with van der Waals surface area (Å²) in [6.07, 6.45) is 4.09. The molecule has 0 aliphatic heterocycles. The summed E-state index contributed by atoms with van der Waals surface area (Å²) in [5.41, 5.74) is 0.574. The van der Waals surface area contributed by atoms with Crippen molar-refractivity contribution in [1.29, 1.82) is 5.26 Å². The van der Waals surface area contributed by atoms with E-state index in [0.717, 1.165) is 12.8 Å². The third kappa shape index (κ3) is 2.59. The number of hydrogen-bond donors (Lipinski definition) is 1. The third-order valence-electron chi connectivity index (χ3n) is 2.99. The first-order chi connectivity index (χ1) is 8.77. The van der Waals surface area contributed by atoms with E-state index in [1.54, 1.807) is 30.3 Å². The van der Waals surface area contributed by atoms with Crippen molar-refractivity contribution in [2.24, 2.45) is 0 Å². The highest BCUT2D eigenvalue weighted by atomic mass is 16.2. The van der Waals surface area contributed by atoms with Gasteiger partial charge in [-0.2, -0.15) is 5.26 Å². The first-order valence-corrected chi connectivity index (χ1v) is 6.08. The number of pyridine rings is 1. The summed E-state index contributed by atoms with van der Waals surface area (Å²) in [5.74, 6) is 0.551. The van der Waals surface area contributed by atoms with Crippen LogP contribution in [0.5, 0.6) is 0 Å². The second kappa shape index (κ2) is 5.50. The standard InChI is InChI=1S/C13H16N4O/c1-15-12-11(4-2-8-16-12)13(18)17(9-3-7-14)10-5-6-10/h2,4,8,10H,3,5-6,9H2,1H3,(H,15,16). The van der Waals surface area contributed by atoms with Crippen molar-refractivity contribution in [2.45, 2.75) is 25.3 Å². The lowest BCUT2D eigenvalue weighted by Gasteiger charge is -2.22. The molecule has 1 aromatic heterocycles. The third-order valence-corrected chi connectivity index (χ3v) is 2.99. The van der Waals surface area contributed by atoms with E-state index >= 15 is 0 Å². The Balaban J connectivity index is 2.19. The van der Waals surface area contributed by atoms with E-state index in [0.29, 0.717) is 30.4 Å². The van der Waals surface area contributed by atoms with Gasteiger partial charge in [-0.1, -0.05) is 0 Å². The number of carbonyl (C=O) groups excluding carboxylic acids is 1. The summed E-state index contributed by atoms with van der Waals surface area (Å²) in [7, 11) is 1.75. The highest BCUT2D eigenvalue weighted by molar-refractivity contribution is 5.99. The number of nitrogens with one attached hydrogen (secondary N) is 1. The lowest BCUT2D eigenvalue weighted by atomic mass is 10.2. The fourth-order valence-electron chi connectivity index (χ4n) is 1.94. The molecule has 5 heteroatoms. The van der Waals surface area contributed by atoms with E-state index in [-0.39, 0.29) is 5.91 Å². The van der Waals surface area contributed by atoms with E-state index in [1.165, 1.54) is 0 Å². The number of nitrogens with zero attached hydrogens (tertiary/aromatic N) is 3. The van der Waals surface area contributed by atoms with E-state index in [1.807, 2.05) is 0 Å². The Labute approximate surface area is 106 Å². The van der Waals surface area contributed by atoms with Gasteiger partial charge >= 0.3 is 0 Å². The molecule has 1 aliphatic rings. The first kappa shape index (κ1) is 12.4. The fourth-order valence-corrected chi connectivity index (χ4v) is 1.94. The van der Waals surface area contributed by atoms with E-state index in [4.69, 9.17) is 5.26 Å². The second-order valence-electron chi connectivity index (χ2n) is 4.29. The minimum absolute atomic E-state index is 0.0369. The van der Waals surface area contributed by atoms with E-state index in [2.05, 4.69) is 16.4 Å². The number of rotatable bonds is 5. The Morgan fingerprint density at radius 2 is 2.44 bits per heavy atom. The van der Waals surface area contributed by atoms with Gasteiger partial charge in [0, 0.05) is 25.8 Å². The minimum Gasteiger partial charge on any atom is -0.372 e. The molecule has 94 valence electrons. The maximum atomic E-state index is 12.4. The summed E-state index contributed by atoms with van der Waals surface area (Å²) < 4.78 is 0. The zero-order valence-electron chi connectivity index (χ0n) is 10.4. The van der Waals surface area contributed by atoms with Gasteiger partial charge in [0.05, 0.1) is 18.1 Å². The van der Waals surface area contributed by atoms with Gasteiger partial charge in [-0.25, -0.2) is 4.98 Å². The Hall–Kier alpha value is -2.09. The van der Waals surface area contributed by atoms with Gasteiger partial charge in [-0.15, -0.1) is 0 Å². The highest BCUT2D eigenvalue weighted by Gasteiger charge is 2.33. The fraction of sp³-hybridized carbons (Fsp3) is 0.462. The highest BCUT2D eigenvalue weighted by Crippen LogP contribution is 2.29. The van der Waals surface area contributed by atoms with Crippen LogP contribution in [0.4, 0.5) is 5.82 Å². The molecule has 1 saturated carbocycles. The van der Waals surface area contributed by atoms with Crippen molar-refractivity contribution in [2.75, 3.05) is 18.9 Å². The molecule has 0 saturated heterocycles. The van der Waals surface area contributed by atoms with Gasteiger partial charge in [-0.05, 0) is 25.0 Å². The number of anilines is 1. The maximum absolute atomic E-state index is 12.4. The number of aromatic nitrogens is 1. The van der Waals surface area contributed by atoms with Crippen molar-refractivity contribution >= 4 is 11.7 Å². The number of hydrogen-bond acceptors (Lipinski definition) is 4. The van der Waals surface area contributed by atoms with Crippen LogP contribution < -0.4 is 5.32 Å². The van der Waals surface area contributed by atoms with Gasteiger partial charge in [0.15, 0.2) is 0 Å². The van der Waals surface area contributed by atoms with Crippen molar-refractivity contribution in [3.05, 3.63) is 23.9 Å². The summed E-state index contributed by atoms with van der Waals surface area (Å²) in [6.45, 7) is 0.498. The van der Waals surface area contributed by atoms with Crippen LogP contribution in [0, 0.1) is 11.3 Å². The van der Waals surface area contributed by atoms with Crippen molar-refractivity contribution in [3.8, 4) is 6.07 Å². The zero-order valence-corrected chi connectivity index (χ0v) is 10.4. The number of nitriles is 1. The number of carbonyl (C=O) groups is 1. The average molecular weight is 244 g/mol. The minimum atomic E-state index is -0.0369. The molecule has 1 fully saturated rings. The van der Waals surface area contributed by atoms with Crippen molar-refractivity contribution in [3.63, 3.8) is 0 Å². The Bertz CT molecular complexity index is 476. The van der Waals surface area contributed by atoms with Crippen LogP contribution in [0.3, 0.4) is 0 Å². The van der Waals surface area contributed by atoms with Crippen molar-refractivity contribution < 1.29 is 4.79 Å².